The van der Waals surface area contributed by atoms with Crippen molar-refractivity contribution in [2.24, 2.45) is 4.99 Å². The third-order valence-electron chi connectivity index (χ3n) is 6.26. The van der Waals surface area contributed by atoms with Gasteiger partial charge in [-0.2, -0.15) is 0 Å². The number of benzene rings is 2. The fourth-order valence-electron chi connectivity index (χ4n) is 4.57. The van der Waals surface area contributed by atoms with Crippen LogP contribution >= 0.6 is 35.2 Å². The summed E-state index contributed by atoms with van der Waals surface area (Å²) < 4.78 is 15.4. The lowest BCUT2D eigenvalue weighted by molar-refractivity contribution is 0.405. The van der Waals surface area contributed by atoms with E-state index in [1.54, 1.807) is 23.5 Å². The van der Waals surface area contributed by atoms with Crippen LogP contribution in [0.1, 0.15) is 33.2 Å². The number of thiocarbonyl (C=S) groups is 1. The van der Waals surface area contributed by atoms with Crippen LogP contribution < -0.4 is 5.32 Å². The van der Waals surface area contributed by atoms with Gasteiger partial charge in [-0.3, -0.25) is 9.56 Å². The van der Waals surface area contributed by atoms with E-state index in [0.717, 1.165) is 52.1 Å². The molecule has 0 atom stereocenters. The number of anilines is 1. The number of hydrogen-bond acceptors (Lipinski definition) is 5. The summed E-state index contributed by atoms with van der Waals surface area (Å²) in [5.74, 6) is 1.37. The largest absolute Gasteiger partial charge is 0.344 e. The summed E-state index contributed by atoms with van der Waals surface area (Å²) in [7, 11) is 0. The molecule has 10 heteroatoms. The van der Waals surface area contributed by atoms with E-state index in [1.165, 1.54) is 22.6 Å². The van der Waals surface area contributed by atoms with Gasteiger partial charge in [-0.05, 0) is 61.5 Å². The second-order valence-electron chi connectivity index (χ2n) is 8.44. The Morgan fingerprint density at radius 1 is 1.14 bits per heavy atom. The first-order valence-electron chi connectivity index (χ1n) is 11.2. The predicted molar refractivity (Wildman–Crippen MR) is 142 cm³/mol. The first kappa shape index (κ1) is 22.3. The smallest absolute Gasteiger partial charge is 0.173 e. The highest BCUT2D eigenvalue weighted by molar-refractivity contribution is 7.80. The van der Waals surface area contributed by atoms with Crippen molar-refractivity contribution < 1.29 is 4.39 Å². The van der Waals surface area contributed by atoms with Crippen LogP contribution in [0.4, 0.5) is 10.1 Å². The summed E-state index contributed by atoms with van der Waals surface area (Å²) in [4.78, 5) is 8.35. The maximum absolute atomic E-state index is 13.3. The molecule has 2 aliphatic rings. The molecule has 6 rings (SSSR count). The molecule has 35 heavy (non-hydrogen) atoms. The van der Waals surface area contributed by atoms with E-state index in [0.29, 0.717) is 23.2 Å². The summed E-state index contributed by atoms with van der Waals surface area (Å²) in [5.41, 5.74) is 4.96. The summed E-state index contributed by atoms with van der Waals surface area (Å²) in [6, 6.07) is 14.0. The van der Waals surface area contributed by atoms with Crippen molar-refractivity contribution in [1.82, 2.24) is 19.7 Å². The molecule has 2 aliphatic heterocycles. The zero-order chi connectivity index (χ0) is 24.1. The Kier molecular flexibility index (Phi) is 5.63. The summed E-state index contributed by atoms with van der Waals surface area (Å²) in [6.45, 7) is 3.84. The second kappa shape index (κ2) is 8.82. The monoisotopic (exact) mass is 522 g/mol. The third-order valence-corrected chi connectivity index (χ3v) is 8.15. The molecule has 0 saturated carbocycles. The molecule has 176 valence electrons. The minimum absolute atomic E-state index is 0.274. The van der Waals surface area contributed by atoms with E-state index < -0.39 is 0 Å². The number of fused-ring (bicyclic) bond motifs is 5. The number of aliphatic imine (C=N–C) groups is 1. The average Bonchev–Trinajstić information content (AvgIpc) is 3.36. The van der Waals surface area contributed by atoms with E-state index in [4.69, 9.17) is 28.8 Å². The van der Waals surface area contributed by atoms with Gasteiger partial charge in [-0.1, -0.05) is 29.8 Å². The fraction of sp³-hybridized carbons (Fsp3) is 0.200. The zero-order valence-electron chi connectivity index (χ0n) is 18.8. The molecule has 0 bridgehead atoms. The first-order chi connectivity index (χ1) is 17.0. The Balaban J connectivity index is 1.40. The van der Waals surface area contributed by atoms with Crippen LogP contribution in [0.5, 0.6) is 0 Å². The zero-order valence-corrected chi connectivity index (χ0v) is 21.1. The van der Waals surface area contributed by atoms with Crippen LogP contribution in [-0.2, 0) is 19.5 Å². The maximum atomic E-state index is 13.3. The van der Waals surface area contributed by atoms with Crippen LogP contribution in [0.15, 0.2) is 53.5 Å². The van der Waals surface area contributed by atoms with E-state index in [-0.39, 0.29) is 5.82 Å². The number of hydrogen-bond donors (Lipinski definition) is 1. The van der Waals surface area contributed by atoms with Gasteiger partial charge in [-0.15, -0.1) is 21.5 Å². The molecule has 2 aromatic heterocycles. The lowest BCUT2D eigenvalue weighted by atomic mass is 9.95. The van der Waals surface area contributed by atoms with Crippen molar-refractivity contribution in [1.29, 1.82) is 0 Å². The third kappa shape index (κ3) is 3.93. The van der Waals surface area contributed by atoms with E-state index in [9.17, 15) is 4.39 Å². The van der Waals surface area contributed by atoms with Crippen molar-refractivity contribution in [3.05, 3.63) is 92.6 Å². The van der Waals surface area contributed by atoms with Crippen LogP contribution in [0.25, 0.3) is 5.00 Å². The Morgan fingerprint density at radius 3 is 2.74 bits per heavy atom. The van der Waals surface area contributed by atoms with Gasteiger partial charge < -0.3 is 10.2 Å². The van der Waals surface area contributed by atoms with Crippen molar-refractivity contribution in [3.63, 3.8) is 0 Å². The van der Waals surface area contributed by atoms with Gasteiger partial charge in [0.05, 0.1) is 12.3 Å². The Hall–Kier alpha value is -3.14. The van der Waals surface area contributed by atoms with Crippen LogP contribution in [0.3, 0.4) is 0 Å². The van der Waals surface area contributed by atoms with Gasteiger partial charge in [0, 0.05) is 33.3 Å². The normalized spacial score (nSPS) is 14.5. The number of halogens is 2. The van der Waals surface area contributed by atoms with Gasteiger partial charge in [0.1, 0.15) is 23.2 Å². The van der Waals surface area contributed by atoms with E-state index in [1.807, 2.05) is 31.2 Å². The van der Waals surface area contributed by atoms with Crippen molar-refractivity contribution in [3.8, 4) is 5.00 Å². The molecule has 0 aliphatic carbocycles. The maximum Gasteiger partial charge on any atom is 0.173 e. The fourth-order valence-corrected chi connectivity index (χ4v) is 6.51. The molecule has 4 heterocycles. The van der Waals surface area contributed by atoms with Gasteiger partial charge in [-0.25, -0.2) is 4.39 Å². The minimum Gasteiger partial charge on any atom is -0.344 e. The Morgan fingerprint density at radius 2 is 1.94 bits per heavy atom. The standard InChI is InChI=1S/C25H20ClFN6S2/c1-14-30-31-21-12-28-23(17-4-2-3-5-19(17)26)22-18-10-11-32(13-20(18)35-24(22)33(14)21)25(34)29-16-8-6-15(27)7-9-16/h2-9H,10-13H2,1H3,(H,29,34). The van der Waals surface area contributed by atoms with Crippen molar-refractivity contribution in [2.45, 2.75) is 26.4 Å². The second-order valence-corrected chi connectivity index (χ2v) is 10.3. The van der Waals surface area contributed by atoms with Crippen molar-refractivity contribution in [2.75, 3.05) is 11.9 Å². The number of nitrogens with one attached hydrogen (secondary N) is 1. The lowest BCUT2D eigenvalue weighted by Crippen LogP contribution is -2.38. The molecule has 0 spiro atoms. The number of nitrogens with zero attached hydrogens (tertiary/aromatic N) is 5. The molecule has 0 radical (unpaired) electrons. The highest BCUT2D eigenvalue weighted by Crippen LogP contribution is 2.40. The Labute approximate surface area is 216 Å². The molecule has 0 saturated heterocycles. The van der Waals surface area contributed by atoms with Crippen LogP contribution in [-0.4, -0.2) is 37.0 Å². The predicted octanol–water partition coefficient (Wildman–Crippen LogP) is 5.54. The topological polar surface area (TPSA) is 58.3 Å². The minimum atomic E-state index is -0.274. The summed E-state index contributed by atoms with van der Waals surface area (Å²) in [5, 5.41) is 14.3. The van der Waals surface area contributed by atoms with Crippen molar-refractivity contribution >= 4 is 51.7 Å². The first-order valence-corrected chi connectivity index (χ1v) is 12.8. The molecule has 0 unspecified atom stereocenters. The number of thiophene rings is 1. The quantitative estimate of drug-likeness (QED) is 0.350. The molecular weight excluding hydrogens is 503 g/mol. The summed E-state index contributed by atoms with van der Waals surface area (Å²) >= 11 is 14.0. The Bertz CT molecular complexity index is 1490. The van der Waals surface area contributed by atoms with Gasteiger partial charge >= 0.3 is 0 Å². The number of rotatable bonds is 2. The SMILES string of the molecule is Cc1nnc2n1-c1sc3c(c1C(c1ccccc1Cl)=NC2)CCN(C(=S)Nc1ccc(F)cc1)C3. The van der Waals surface area contributed by atoms with Gasteiger partial charge in [0.2, 0.25) is 0 Å². The van der Waals surface area contributed by atoms with Crippen LogP contribution in [0, 0.1) is 12.7 Å². The van der Waals surface area contributed by atoms with Gasteiger partial charge in [0.15, 0.2) is 10.9 Å². The van der Waals surface area contributed by atoms with Gasteiger partial charge in [0.25, 0.3) is 0 Å². The highest BCUT2D eigenvalue weighted by atomic mass is 35.5. The highest BCUT2D eigenvalue weighted by Gasteiger charge is 2.32. The molecule has 4 aromatic rings. The average molecular weight is 523 g/mol. The summed E-state index contributed by atoms with van der Waals surface area (Å²) in [6.07, 6.45) is 0.812. The molecule has 1 N–H and O–H groups in total. The van der Waals surface area contributed by atoms with E-state index in [2.05, 4.69) is 25.0 Å². The molecular formula is C25H20ClFN6S2. The number of aryl methyl sites for hydroxylation is 1. The number of aromatic nitrogens is 3. The van der Waals surface area contributed by atoms with E-state index >= 15 is 0 Å². The molecule has 6 nitrogen and oxygen atoms in total. The molecule has 0 amide bonds. The lowest BCUT2D eigenvalue weighted by Gasteiger charge is -2.30. The molecule has 2 aromatic carbocycles. The molecule has 0 fully saturated rings. The van der Waals surface area contributed by atoms with Crippen LogP contribution in [0.2, 0.25) is 5.02 Å².